The first kappa shape index (κ1) is 54.2. The minimum atomic E-state index is -1.32. The topological polar surface area (TPSA) is 352 Å². The minimum Gasteiger partial charge on any atom is -0.379 e. The molecule has 58 heavy (non-hydrogen) atoms. The molecule has 0 aliphatic heterocycles. The highest BCUT2D eigenvalue weighted by Gasteiger charge is 2.29. The Hall–Kier alpha value is -3.78. The van der Waals surface area contributed by atoms with E-state index in [9.17, 15) is 24.0 Å². The van der Waals surface area contributed by atoms with E-state index in [-0.39, 0.29) is 45.8 Å². The third kappa shape index (κ3) is 36.6. The maximum Gasteiger partial charge on any atom is 0.243 e. The first-order chi connectivity index (χ1) is 28.2. The van der Waals surface area contributed by atoms with Crippen LogP contribution < -0.4 is 80.6 Å². The summed E-state index contributed by atoms with van der Waals surface area (Å²) in [5.41, 5.74) is 19.3. The molecule has 0 unspecified atom stereocenters. The zero-order valence-corrected chi connectivity index (χ0v) is 34.5. The number of nitrogens with zero attached hydrogens (tertiary/aromatic N) is 3. The number of carbonyl (C=O) groups excluding carboxylic acids is 5. The molecule has 336 valence electrons. The third-order valence-corrected chi connectivity index (χ3v) is 7.81. The minimum absolute atomic E-state index is 0.0514. The fraction of sp³-hybridized carbons (Fsp3) is 0.853. The number of ether oxygens (including phenoxy) is 1. The zero-order chi connectivity index (χ0) is 42.7. The Labute approximate surface area is 343 Å². The van der Waals surface area contributed by atoms with Crippen LogP contribution in [0.4, 0.5) is 0 Å². The summed E-state index contributed by atoms with van der Waals surface area (Å²) in [6, 6.07) is -2.61. The summed E-state index contributed by atoms with van der Waals surface area (Å²) in [5, 5.41) is 42.6. The molecule has 0 aliphatic carbocycles. The molecule has 0 spiro atoms. The number of rotatable bonds is 42. The lowest BCUT2D eigenvalue weighted by atomic mass is 10.1. The SMILES string of the molecule is CC(=O)N[C@H](CC(=O)NCCNCCNCCNCCNCCN)C(=O)N[C@@H](CC(=O)NCCNCCNCCNCCNCCN)C(=O)NCCOCCN=[N+]=[N-]. The van der Waals surface area contributed by atoms with E-state index in [1.807, 2.05) is 0 Å². The van der Waals surface area contributed by atoms with Crippen molar-refractivity contribution in [3.8, 4) is 0 Å². The molecular weight excluding hydrogens is 756 g/mol. The Morgan fingerprint density at radius 2 is 0.897 bits per heavy atom. The quantitative estimate of drug-likeness (QED) is 0.0118. The molecule has 24 heteroatoms. The highest BCUT2D eigenvalue weighted by Crippen LogP contribution is 1.99. The average molecular weight is 831 g/mol. The molecule has 0 fully saturated rings. The second kappa shape index (κ2) is 41.4. The van der Waals surface area contributed by atoms with Crippen LogP contribution in [0, 0.1) is 0 Å². The van der Waals surface area contributed by atoms with E-state index in [0.717, 1.165) is 78.5 Å². The Balaban J connectivity index is 4.77. The van der Waals surface area contributed by atoms with Crippen molar-refractivity contribution in [2.75, 3.05) is 157 Å². The van der Waals surface area contributed by atoms with Gasteiger partial charge >= 0.3 is 0 Å². The molecule has 0 aromatic heterocycles. The van der Waals surface area contributed by atoms with Crippen molar-refractivity contribution < 1.29 is 28.7 Å². The summed E-state index contributed by atoms with van der Waals surface area (Å²) in [6.45, 7) is 15.6. The van der Waals surface area contributed by atoms with Crippen LogP contribution in [0.1, 0.15) is 19.8 Å². The molecule has 0 saturated carbocycles. The molecule has 17 N–H and O–H groups in total. The van der Waals surface area contributed by atoms with Gasteiger partial charge in [-0.2, -0.15) is 0 Å². The van der Waals surface area contributed by atoms with Gasteiger partial charge in [-0.15, -0.1) is 0 Å². The summed E-state index contributed by atoms with van der Waals surface area (Å²) in [4.78, 5) is 66.7. The smallest absolute Gasteiger partial charge is 0.243 e. The Morgan fingerprint density at radius 1 is 0.517 bits per heavy atom. The van der Waals surface area contributed by atoms with E-state index in [0.29, 0.717) is 39.3 Å². The number of hydrogen-bond donors (Lipinski definition) is 15. The Morgan fingerprint density at radius 3 is 1.28 bits per heavy atom. The molecule has 0 aliphatic rings. The molecular formula is C34H74N18O6. The molecule has 0 aromatic rings. The lowest BCUT2D eigenvalue weighted by molar-refractivity contribution is -0.135. The van der Waals surface area contributed by atoms with Crippen molar-refractivity contribution in [2.24, 2.45) is 16.6 Å². The lowest BCUT2D eigenvalue weighted by Crippen LogP contribution is -2.56. The Kier molecular flexibility index (Phi) is 38.7. The van der Waals surface area contributed by atoms with E-state index in [4.69, 9.17) is 21.7 Å². The van der Waals surface area contributed by atoms with Gasteiger partial charge in [-0.3, -0.25) is 24.0 Å². The number of hydrogen-bond acceptors (Lipinski definition) is 17. The monoisotopic (exact) mass is 831 g/mol. The van der Waals surface area contributed by atoms with Gasteiger partial charge in [0.15, 0.2) is 0 Å². The molecule has 0 rings (SSSR count). The van der Waals surface area contributed by atoms with E-state index >= 15 is 0 Å². The maximum atomic E-state index is 13.3. The largest absolute Gasteiger partial charge is 0.379 e. The molecule has 0 aromatic carbocycles. The number of amides is 5. The number of nitrogens with one attached hydrogen (secondary N) is 13. The summed E-state index contributed by atoms with van der Waals surface area (Å²) in [5.74, 6) is -2.99. The van der Waals surface area contributed by atoms with Crippen molar-refractivity contribution >= 4 is 29.5 Å². The van der Waals surface area contributed by atoms with Gasteiger partial charge in [-0.05, 0) is 5.53 Å². The van der Waals surface area contributed by atoms with Gasteiger partial charge in [0.25, 0.3) is 0 Å². The number of azide groups is 1. The van der Waals surface area contributed by atoms with Crippen molar-refractivity contribution in [1.82, 2.24) is 69.1 Å². The highest BCUT2D eigenvalue weighted by molar-refractivity contribution is 5.96. The standard InChI is InChI=1S/C34H74N18O6/c1-28(53)50-30(27-32(55)47-21-19-45-17-15-43-13-11-41-9-7-39-5-3-36)34(57)51-29(33(56)48-22-24-58-25-23-49-52-37)26-31(54)46-20-18-44-16-14-42-12-10-40-8-6-38-4-2-35/h29-30,38-45H,2-27,35-36H2,1H3,(H,46,54)(H,47,55)(H,48,56)(H,50,53)(H,51,57)/t29-,30+/m0/s1. The Bertz CT molecular complexity index is 1120. The van der Waals surface area contributed by atoms with Crippen molar-refractivity contribution in [1.29, 1.82) is 0 Å². The van der Waals surface area contributed by atoms with Crippen LogP contribution in [-0.4, -0.2) is 199 Å². The van der Waals surface area contributed by atoms with Crippen LogP contribution in [0.25, 0.3) is 10.4 Å². The fourth-order valence-corrected chi connectivity index (χ4v) is 4.92. The van der Waals surface area contributed by atoms with Crippen molar-refractivity contribution in [3.63, 3.8) is 0 Å². The number of carbonyl (C=O) groups is 5. The average Bonchev–Trinajstić information content (AvgIpc) is 3.20. The molecule has 5 amide bonds. The van der Waals surface area contributed by atoms with E-state index in [1.54, 1.807) is 0 Å². The molecule has 0 saturated heterocycles. The predicted octanol–water partition coefficient (Wildman–Crippen LogP) is -6.93. The van der Waals surface area contributed by atoms with Crippen molar-refractivity contribution in [3.05, 3.63) is 10.4 Å². The van der Waals surface area contributed by atoms with Gasteiger partial charge in [0.1, 0.15) is 12.1 Å². The molecule has 0 heterocycles. The summed E-state index contributed by atoms with van der Waals surface area (Å²) < 4.78 is 5.31. The fourth-order valence-electron chi connectivity index (χ4n) is 4.92. The second-order valence-corrected chi connectivity index (χ2v) is 12.9. The van der Waals surface area contributed by atoms with Crippen molar-refractivity contribution in [2.45, 2.75) is 31.8 Å². The normalized spacial score (nSPS) is 11.9. The van der Waals surface area contributed by atoms with Gasteiger partial charge in [0.2, 0.25) is 29.5 Å². The zero-order valence-electron chi connectivity index (χ0n) is 34.5. The predicted molar refractivity (Wildman–Crippen MR) is 224 cm³/mol. The second-order valence-electron chi connectivity index (χ2n) is 12.9. The molecule has 0 radical (unpaired) electrons. The van der Waals surface area contributed by atoms with E-state index in [1.165, 1.54) is 6.92 Å². The van der Waals surface area contributed by atoms with E-state index in [2.05, 4.69) is 79.1 Å². The van der Waals surface area contributed by atoms with Crippen LogP contribution in [-0.2, 0) is 28.7 Å². The lowest BCUT2D eigenvalue weighted by Gasteiger charge is -2.22. The summed E-state index contributed by atoms with van der Waals surface area (Å²) in [6.07, 6.45) is -0.778. The number of nitrogens with two attached hydrogens (primary N) is 2. The molecule has 0 bridgehead atoms. The van der Waals surface area contributed by atoms with Crippen LogP contribution in [0.5, 0.6) is 0 Å². The summed E-state index contributed by atoms with van der Waals surface area (Å²) in [7, 11) is 0. The maximum absolute atomic E-state index is 13.3. The van der Waals surface area contributed by atoms with Gasteiger partial charge in [-0.1, -0.05) is 5.11 Å². The van der Waals surface area contributed by atoms with Gasteiger partial charge < -0.3 is 85.3 Å². The first-order valence-electron chi connectivity index (χ1n) is 20.3. The summed E-state index contributed by atoms with van der Waals surface area (Å²) >= 11 is 0. The third-order valence-electron chi connectivity index (χ3n) is 7.81. The van der Waals surface area contributed by atoms with Gasteiger partial charge in [-0.25, -0.2) is 0 Å². The molecule has 2 atom stereocenters. The van der Waals surface area contributed by atoms with Crippen LogP contribution in [0.2, 0.25) is 0 Å². The van der Waals surface area contributed by atoms with Crippen LogP contribution in [0.3, 0.4) is 0 Å². The van der Waals surface area contributed by atoms with Crippen LogP contribution >= 0.6 is 0 Å². The molecule has 24 nitrogen and oxygen atoms in total. The van der Waals surface area contributed by atoms with Gasteiger partial charge in [0.05, 0.1) is 26.1 Å². The van der Waals surface area contributed by atoms with Gasteiger partial charge in [0, 0.05) is 156 Å². The van der Waals surface area contributed by atoms with Crippen LogP contribution in [0.15, 0.2) is 5.11 Å². The first-order valence-corrected chi connectivity index (χ1v) is 20.3. The highest BCUT2D eigenvalue weighted by atomic mass is 16.5. The van der Waals surface area contributed by atoms with E-state index < -0.39 is 48.0 Å².